The van der Waals surface area contributed by atoms with Crippen LogP contribution in [0.15, 0.2) is 4.79 Å². The Balaban J connectivity index is 3.37. The molecule has 12 heavy (non-hydrogen) atoms. The molecular formula is C5H10N6O. The van der Waals surface area contributed by atoms with Crippen molar-refractivity contribution >= 4 is 11.8 Å². The standard InChI is InChI=1S/C5H10N6O/c1-10(2)3-4(12)11(7)5(6)9-8-3/h7H2,1-2H3,(H2,6,9). The van der Waals surface area contributed by atoms with Crippen LogP contribution in [0.25, 0.3) is 0 Å². The van der Waals surface area contributed by atoms with Crippen LogP contribution in [0.5, 0.6) is 0 Å². The summed E-state index contributed by atoms with van der Waals surface area (Å²) in [4.78, 5) is 12.8. The minimum atomic E-state index is -0.465. The van der Waals surface area contributed by atoms with Gasteiger partial charge in [-0.1, -0.05) is 0 Å². The first-order valence-electron chi connectivity index (χ1n) is 3.21. The molecule has 4 N–H and O–H groups in total. The Morgan fingerprint density at radius 3 is 2.50 bits per heavy atom. The van der Waals surface area contributed by atoms with Crippen molar-refractivity contribution in [2.75, 3.05) is 30.6 Å². The van der Waals surface area contributed by atoms with Gasteiger partial charge in [0, 0.05) is 14.1 Å². The van der Waals surface area contributed by atoms with Crippen molar-refractivity contribution < 1.29 is 0 Å². The Bertz CT molecular complexity index is 342. The zero-order chi connectivity index (χ0) is 9.30. The summed E-state index contributed by atoms with van der Waals surface area (Å²) in [6.45, 7) is 0. The van der Waals surface area contributed by atoms with Gasteiger partial charge < -0.3 is 16.5 Å². The number of hydrogen-bond donors (Lipinski definition) is 2. The highest BCUT2D eigenvalue weighted by atomic mass is 16.1. The van der Waals surface area contributed by atoms with E-state index in [1.165, 1.54) is 4.90 Å². The number of aromatic nitrogens is 3. The first-order chi connectivity index (χ1) is 5.54. The lowest BCUT2D eigenvalue weighted by Gasteiger charge is -2.10. The average Bonchev–Trinajstić information content (AvgIpc) is 2.00. The molecule has 0 bridgehead atoms. The SMILES string of the molecule is CN(C)c1nnc(N)n(N)c1=O. The lowest BCUT2D eigenvalue weighted by Crippen LogP contribution is -2.35. The van der Waals surface area contributed by atoms with Gasteiger partial charge >= 0.3 is 5.56 Å². The summed E-state index contributed by atoms with van der Waals surface area (Å²) in [5, 5.41) is 7.06. The van der Waals surface area contributed by atoms with Crippen LogP contribution in [0, 0.1) is 0 Å². The third kappa shape index (κ3) is 1.16. The topological polar surface area (TPSA) is 103 Å². The molecule has 0 atom stereocenters. The normalized spacial score (nSPS) is 9.83. The van der Waals surface area contributed by atoms with E-state index in [4.69, 9.17) is 11.6 Å². The van der Waals surface area contributed by atoms with Crippen LogP contribution >= 0.6 is 0 Å². The molecule has 0 aromatic carbocycles. The maximum atomic E-state index is 11.2. The molecule has 7 nitrogen and oxygen atoms in total. The van der Waals surface area contributed by atoms with E-state index in [0.717, 1.165) is 4.68 Å². The average molecular weight is 170 g/mol. The number of nitrogens with zero attached hydrogens (tertiary/aromatic N) is 4. The van der Waals surface area contributed by atoms with Crippen molar-refractivity contribution in [2.24, 2.45) is 0 Å². The fourth-order valence-corrected chi connectivity index (χ4v) is 0.682. The molecule has 0 unspecified atom stereocenters. The second kappa shape index (κ2) is 2.68. The van der Waals surface area contributed by atoms with E-state index < -0.39 is 5.56 Å². The molecule has 0 aliphatic heterocycles. The minimum absolute atomic E-state index is 0.106. The van der Waals surface area contributed by atoms with Gasteiger partial charge in [-0.25, -0.2) is 0 Å². The van der Waals surface area contributed by atoms with E-state index in [1.807, 2.05) is 0 Å². The van der Waals surface area contributed by atoms with Crippen LogP contribution < -0.4 is 22.0 Å². The Hall–Kier alpha value is -1.79. The molecule has 7 heteroatoms. The molecule has 0 aliphatic rings. The van der Waals surface area contributed by atoms with Crippen LogP contribution in [0.4, 0.5) is 11.8 Å². The minimum Gasteiger partial charge on any atom is -0.366 e. The third-order valence-corrected chi connectivity index (χ3v) is 1.33. The molecule has 0 fully saturated rings. The lowest BCUT2D eigenvalue weighted by molar-refractivity contribution is 0.822. The van der Waals surface area contributed by atoms with Crippen molar-refractivity contribution in [3.63, 3.8) is 0 Å². The molecule has 1 aromatic heterocycles. The quantitative estimate of drug-likeness (QED) is 0.472. The summed E-state index contributed by atoms with van der Waals surface area (Å²) >= 11 is 0. The van der Waals surface area contributed by atoms with Crippen molar-refractivity contribution in [1.82, 2.24) is 14.9 Å². The van der Waals surface area contributed by atoms with Crippen molar-refractivity contribution in [1.29, 1.82) is 0 Å². The maximum Gasteiger partial charge on any atom is 0.316 e. The molecule has 1 heterocycles. The van der Waals surface area contributed by atoms with Crippen LogP contribution in [-0.4, -0.2) is 29.0 Å². The second-order valence-corrected chi connectivity index (χ2v) is 2.45. The zero-order valence-corrected chi connectivity index (χ0v) is 6.85. The van der Waals surface area contributed by atoms with Gasteiger partial charge in [-0.3, -0.25) is 4.79 Å². The van der Waals surface area contributed by atoms with E-state index in [2.05, 4.69) is 10.2 Å². The predicted octanol–water partition coefficient (Wildman–Crippen LogP) is -2.00. The highest BCUT2D eigenvalue weighted by molar-refractivity contribution is 5.34. The van der Waals surface area contributed by atoms with E-state index >= 15 is 0 Å². The first kappa shape index (κ1) is 8.31. The lowest BCUT2D eigenvalue weighted by atomic mass is 10.6. The van der Waals surface area contributed by atoms with Gasteiger partial charge in [-0.15, -0.1) is 10.2 Å². The summed E-state index contributed by atoms with van der Waals surface area (Å²) in [5.41, 5.74) is 4.77. The first-order valence-corrected chi connectivity index (χ1v) is 3.21. The van der Waals surface area contributed by atoms with Gasteiger partial charge in [-0.05, 0) is 0 Å². The summed E-state index contributed by atoms with van der Waals surface area (Å²) in [5.74, 6) is 5.32. The maximum absolute atomic E-state index is 11.2. The fourth-order valence-electron chi connectivity index (χ4n) is 0.682. The van der Waals surface area contributed by atoms with Gasteiger partial charge in [0.05, 0.1) is 0 Å². The van der Waals surface area contributed by atoms with Crippen LogP contribution in [0.3, 0.4) is 0 Å². The Morgan fingerprint density at radius 2 is 2.00 bits per heavy atom. The molecule has 0 radical (unpaired) electrons. The molecule has 0 amide bonds. The van der Waals surface area contributed by atoms with Gasteiger partial charge in [0.25, 0.3) is 0 Å². The number of rotatable bonds is 1. The molecule has 0 spiro atoms. The summed E-state index contributed by atoms with van der Waals surface area (Å²) in [7, 11) is 3.34. The molecule has 0 saturated heterocycles. The largest absolute Gasteiger partial charge is 0.366 e. The van der Waals surface area contributed by atoms with E-state index in [-0.39, 0.29) is 11.8 Å². The van der Waals surface area contributed by atoms with Crippen LogP contribution in [0.1, 0.15) is 0 Å². The third-order valence-electron chi connectivity index (χ3n) is 1.33. The predicted molar refractivity (Wildman–Crippen MR) is 45.2 cm³/mol. The van der Waals surface area contributed by atoms with E-state index in [0.29, 0.717) is 0 Å². The number of nitrogen functional groups attached to an aromatic ring is 2. The number of nitrogens with two attached hydrogens (primary N) is 2. The highest BCUT2D eigenvalue weighted by Crippen LogP contribution is 1.95. The van der Waals surface area contributed by atoms with E-state index in [1.54, 1.807) is 14.1 Å². The van der Waals surface area contributed by atoms with Crippen molar-refractivity contribution in [2.45, 2.75) is 0 Å². The molecule has 0 saturated carbocycles. The zero-order valence-electron chi connectivity index (χ0n) is 6.85. The van der Waals surface area contributed by atoms with Crippen molar-refractivity contribution in [3.8, 4) is 0 Å². The monoisotopic (exact) mass is 170 g/mol. The van der Waals surface area contributed by atoms with Gasteiger partial charge in [0.15, 0.2) is 0 Å². The molecule has 66 valence electrons. The summed E-state index contributed by atoms with van der Waals surface area (Å²) in [6.07, 6.45) is 0. The van der Waals surface area contributed by atoms with Crippen molar-refractivity contribution in [3.05, 3.63) is 10.4 Å². The van der Waals surface area contributed by atoms with Crippen LogP contribution in [0.2, 0.25) is 0 Å². The van der Waals surface area contributed by atoms with E-state index in [9.17, 15) is 4.79 Å². The van der Waals surface area contributed by atoms with Gasteiger partial charge in [0.1, 0.15) is 0 Å². The molecule has 0 aliphatic carbocycles. The number of hydrogen-bond acceptors (Lipinski definition) is 6. The smallest absolute Gasteiger partial charge is 0.316 e. The van der Waals surface area contributed by atoms with Gasteiger partial charge in [-0.2, -0.15) is 4.68 Å². The molecule has 1 rings (SSSR count). The molecular weight excluding hydrogens is 160 g/mol. The Morgan fingerprint density at radius 1 is 1.42 bits per heavy atom. The Labute approximate surface area is 68.6 Å². The van der Waals surface area contributed by atoms with Crippen LogP contribution in [-0.2, 0) is 0 Å². The second-order valence-electron chi connectivity index (χ2n) is 2.45. The Kier molecular flexibility index (Phi) is 1.86. The fraction of sp³-hybridized carbons (Fsp3) is 0.400. The highest BCUT2D eigenvalue weighted by Gasteiger charge is 2.08. The summed E-state index contributed by atoms with van der Waals surface area (Å²) < 4.78 is 0.752. The molecule has 1 aromatic rings. The number of anilines is 2. The van der Waals surface area contributed by atoms with Gasteiger partial charge in [0.2, 0.25) is 11.8 Å². The summed E-state index contributed by atoms with van der Waals surface area (Å²) in [6, 6.07) is 0.